The molecule has 1 amide bonds. The molecule has 0 N–H and O–H groups in total. The number of fused-ring (bicyclic) bond motifs is 1. The molecule has 3 rings (SSSR count). The van der Waals surface area contributed by atoms with Crippen LogP contribution in [0.5, 0.6) is 5.88 Å². The molecule has 2 heterocycles. The molecule has 1 aromatic heterocycles. The number of benzene rings is 1. The number of hydrogen-bond acceptors (Lipinski definition) is 4. The van der Waals surface area contributed by atoms with Crippen molar-refractivity contribution < 1.29 is 14.1 Å². The highest BCUT2D eigenvalue weighted by Crippen LogP contribution is 2.32. The summed E-state index contributed by atoms with van der Waals surface area (Å²) in [5.74, 6) is 0.944. The van der Waals surface area contributed by atoms with E-state index in [4.69, 9.17) is 9.26 Å². The van der Waals surface area contributed by atoms with Crippen molar-refractivity contribution >= 4 is 11.6 Å². The average molecular weight is 314 g/mol. The second-order valence-electron chi connectivity index (χ2n) is 6.95. The number of rotatable bonds is 3. The summed E-state index contributed by atoms with van der Waals surface area (Å²) in [5, 5.41) is 3.73. The zero-order valence-electron chi connectivity index (χ0n) is 14.0. The van der Waals surface area contributed by atoms with E-state index in [9.17, 15) is 4.79 Å². The van der Waals surface area contributed by atoms with Crippen LogP contribution in [0.1, 0.15) is 37.7 Å². The van der Waals surface area contributed by atoms with Crippen molar-refractivity contribution in [2.24, 2.45) is 0 Å². The fourth-order valence-corrected chi connectivity index (χ4v) is 2.75. The standard InChI is InChI=1S/C18H22N2O3/c1-12-9-16(19-23-12)22-11-17(21)20-8-7-13-10-14(18(2,3)4)5-6-15(13)20/h5-6,9-10H,7-8,11H2,1-4H3. The van der Waals surface area contributed by atoms with Gasteiger partial charge in [0.15, 0.2) is 6.61 Å². The Hall–Kier alpha value is -2.30. The van der Waals surface area contributed by atoms with E-state index < -0.39 is 0 Å². The second-order valence-corrected chi connectivity index (χ2v) is 6.95. The van der Waals surface area contributed by atoms with Crippen LogP contribution in [0.3, 0.4) is 0 Å². The fourth-order valence-electron chi connectivity index (χ4n) is 2.75. The second kappa shape index (κ2) is 5.72. The van der Waals surface area contributed by atoms with Crippen molar-refractivity contribution in [3.05, 3.63) is 41.2 Å². The van der Waals surface area contributed by atoms with Crippen LogP contribution in [0.2, 0.25) is 0 Å². The van der Waals surface area contributed by atoms with Crippen molar-refractivity contribution in [1.82, 2.24) is 5.16 Å². The molecule has 5 heteroatoms. The van der Waals surface area contributed by atoms with Crippen LogP contribution >= 0.6 is 0 Å². The summed E-state index contributed by atoms with van der Waals surface area (Å²) in [6.07, 6.45) is 0.883. The van der Waals surface area contributed by atoms with Crippen LogP contribution in [-0.2, 0) is 16.6 Å². The Morgan fingerprint density at radius 1 is 1.35 bits per heavy atom. The largest absolute Gasteiger partial charge is 0.465 e. The lowest BCUT2D eigenvalue weighted by Gasteiger charge is -2.21. The van der Waals surface area contributed by atoms with Gasteiger partial charge in [-0.15, -0.1) is 0 Å². The van der Waals surface area contributed by atoms with E-state index in [0.717, 1.165) is 12.1 Å². The number of hydrogen-bond donors (Lipinski definition) is 0. The Kier molecular flexibility index (Phi) is 3.88. The highest BCUT2D eigenvalue weighted by Gasteiger charge is 2.26. The van der Waals surface area contributed by atoms with Gasteiger partial charge in [0.25, 0.3) is 11.8 Å². The molecule has 122 valence electrons. The van der Waals surface area contributed by atoms with Crippen molar-refractivity contribution in [1.29, 1.82) is 0 Å². The lowest BCUT2D eigenvalue weighted by Crippen LogP contribution is -2.33. The summed E-state index contributed by atoms with van der Waals surface area (Å²) >= 11 is 0. The third-order valence-electron chi connectivity index (χ3n) is 4.09. The van der Waals surface area contributed by atoms with Gasteiger partial charge in [-0.2, -0.15) is 0 Å². The highest BCUT2D eigenvalue weighted by atomic mass is 16.5. The number of carbonyl (C=O) groups excluding carboxylic acids is 1. The SMILES string of the molecule is Cc1cc(OCC(=O)N2CCc3cc(C(C)(C)C)ccc32)no1. The summed E-state index contributed by atoms with van der Waals surface area (Å²) < 4.78 is 10.3. The predicted octanol–water partition coefficient (Wildman–Crippen LogP) is 3.25. The van der Waals surface area contributed by atoms with Crippen molar-refractivity contribution in [3.63, 3.8) is 0 Å². The van der Waals surface area contributed by atoms with E-state index in [1.165, 1.54) is 11.1 Å². The molecule has 0 spiro atoms. The van der Waals surface area contributed by atoms with Crippen LogP contribution in [-0.4, -0.2) is 24.2 Å². The van der Waals surface area contributed by atoms with Crippen molar-refractivity contribution in [3.8, 4) is 5.88 Å². The van der Waals surface area contributed by atoms with Gasteiger partial charge in [-0.3, -0.25) is 4.79 Å². The maximum atomic E-state index is 12.4. The summed E-state index contributed by atoms with van der Waals surface area (Å²) in [7, 11) is 0. The van der Waals surface area contributed by atoms with Gasteiger partial charge >= 0.3 is 0 Å². The van der Waals surface area contributed by atoms with Gasteiger partial charge in [0.2, 0.25) is 0 Å². The van der Waals surface area contributed by atoms with E-state index >= 15 is 0 Å². The number of anilines is 1. The van der Waals surface area contributed by atoms with Gasteiger partial charge in [0.1, 0.15) is 5.76 Å². The highest BCUT2D eigenvalue weighted by molar-refractivity contribution is 5.96. The average Bonchev–Trinajstić information content (AvgIpc) is 3.09. The van der Waals surface area contributed by atoms with Gasteiger partial charge in [-0.05, 0) is 41.1 Å². The van der Waals surface area contributed by atoms with Crippen LogP contribution < -0.4 is 9.64 Å². The Morgan fingerprint density at radius 2 is 2.13 bits per heavy atom. The summed E-state index contributed by atoms with van der Waals surface area (Å²) in [4.78, 5) is 14.2. The quantitative estimate of drug-likeness (QED) is 0.872. The molecule has 2 aromatic rings. The van der Waals surface area contributed by atoms with Crippen LogP contribution in [0.25, 0.3) is 0 Å². The molecule has 23 heavy (non-hydrogen) atoms. The molecular weight excluding hydrogens is 292 g/mol. The lowest BCUT2D eigenvalue weighted by molar-refractivity contribution is -0.120. The molecule has 0 unspecified atom stereocenters. The lowest BCUT2D eigenvalue weighted by atomic mass is 9.86. The minimum atomic E-state index is -0.0621. The first-order chi connectivity index (χ1) is 10.8. The first-order valence-electron chi connectivity index (χ1n) is 7.84. The number of ether oxygens (including phenoxy) is 1. The van der Waals surface area contributed by atoms with Crippen LogP contribution in [0.4, 0.5) is 5.69 Å². The van der Waals surface area contributed by atoms with Crippen LogP contribution in [0, 0.1) is 6.92 Å². The summed E-state index contributed by atoms with van der Waals surface area (Å²) in [6.45, 7) is 9.03. The summed E-state index contributed by atoms with van der Waals surface area (Å²) in [6, 6.07) is 8.03. The van der Waals surface area contributed by atoms with E-state index in [-0.39, 0.29) is 17.9 Å². The van der Waals surface area contributed by atoms with Crippen LogP contribution in [0.15, 0.2) is 28.8 Å². The number of carbonyl (C=O) groups is 1. The molecule has 0 aliphatic carbocycles. The minimum absolute atomic E-state index is 0.0353. The van der Waals surface area contributed by atoms with Gasteiger partial charge < -0.3 is 14.2 Å². The Bertz CT molecular complexity index is 728. The molecule has 5 nitrogen and oxygen atoms in total. The van der Waals surface area contributed by atoms with Crippen molar-refractivity contribution in [2.45, 2.75) is 39.5 Å². The van der Waals surface area contributed by atoms with Crippen molar-refractivity contribution in [2.75, 3.05) is 18.1 Å². The van der Waals surface area contributed by atoms with Gasteiger partial charge in [-0.25, -0.2) is 0 Å². The van der Waals surface area contributed by atoms with Gasteiger partial charge in [0.05, 0.1) is 0 Å². The van der Waals surface area contributed by atoms with Gasteiger partial charge in [0, 0.05) is 18.3 Å². The Balaban J connectivity index is 1.70. The first-order valence-corrected chi connectivity index (χ1v) is 7.84. The molecule has 0 radical (unpaired) electrons. The minimum Gasteiger partial charge on any atom is -0.465 e. The maximum Gasteiger partial charge on any atom is 0.264 e. The van der Waals surface area contributed by atoms with E-state index in [2.05, 4.69) is 38.1 Å². The smallest absolute Gasteiger partial charge is 0.264 e. The van der Waals surface area contributed by atoms with E-state index in [1.807, 2.05) is 6.07 Å². The Labute approximate surface area is 136 Å². The Morgan fingerprint density at radius 3 is 2.78 bits per heavy atom. The molecule has 1 aliphatic rings. The normalized spacial score (nSPS) is 14.0. The third-order valence-corrected chi connectivity index (χ3v) is 4.09. The molecule has 0 saturated carbocycles. The maximum absolute atomic E-state index is 12.4. The monoisotopic (exact) mass is 314 g/mol. The predicted molar refractivity (Wildman–Crippen MR) is 87.9 cm³/mol. The molecule has 0 atom stereocenters. The number of aryl methyl sites for hydroxylation is 1. The molecule has 1 aromatic carbocycles. The number of nitrogens with zero attached hydrogens (tertiary/aromatic N) is 2. The molecule has 0 bridgehead atoms. The molecule has 1 aliphatic heterocycles. The zero-order chi connectivity index (χ0) is 16.6. The zero-order valence-corrected chi connectivity index (χ0v) is 14.0. The first kappa shape index (κ1) is 15.6. The third kappa shape index (κ3) is 3.23. The molecular formula is C18H22N2O3. The summed E-state index contributed by atoms with van der Waals surface area (Å²) in [5.41, 5.74) is 3.62. The van der Waals surface area contributed by atoms with E-state index in [0.29, 0.717) is 18.2 Å². The number of amides is 1. The van der Waals surface area contributed by atoms with E-state index in [1.54, 1.807) is 17.9 Å². The topological polar surface area (TPSA) is 55.6 Å². The fraction of sp³-hybridized carbons (Fsp3) is 0.444. The molecule has 0 fully saturated rings. The number of aromatic nitrogens is 1. The van der Waals surface area contributed by atoms with Gasteiger partial charge in [-0.1, -0.05) is 32.9 Å². The molecule has 0 saturated heterocycles.